The van der Waals surface area contributed by atoms with E-state index in [1.165, 1.54) is 12.1 Å². The van der Waals surface area contributed by atoms with E-state index in [4.69, 9.17) is 10.8 Å². The van der Waals surface area contributed by atoms with E-state index >= 15 is 0 Å². The smallest absolute Gasteiger partial charge is 0.126 e. The second kappa shape index (κ2) is 7.25. The molecule has 6 heteroatoms. The summed E-state index contributed by atoms with van der Waals surface area (Å²) in [4.78, 5) is 4.32. The molecule has 3 rings (SSSR count). The standard InChI is InChI=1S/C20H24FN5/c1-20(2,3)26-13-17(14-7-9-23-18(12-14)24-10-8-22)19(25-26)15-5-4-6-16(21)11-15/h4-7,9,11-13H,8,10,22H2,1-3H3,(H,23,24). The Labute approximate surface area is 153 Å². The van der Waals surface area contributed by atoms with Crippen molar-refractivity contribution >= 4 is 5.82 Å². The van der Waals surface area contributed by atoms with E-state index in [2.05, 4.69) is 31.1 Å². The molecule has 0 radical (unpaired) electrons. The molecular weight excluding hydrogens is 329 g/mol. The van der Waals surface area contributed by atoms with Crippen molar-refractivity contribution in [1.29, 1.82) is 0 Å². The minimum absolute atomic E-state index is 0.187. The van der Waals surface area contributed by atoms with Crippen molar-refractivity contribution in [1.82, 2.24) is 14.8 Å². The summed E-state index contributed by atoms with van der Waals surface area (Å²) in [5.74, 6) is 0.473. The number of nitrogens with one attached hydrogen (secondary N) is 1. The molecule has 0 unspecified atom stereocenters. The minimum atomic E-state index is -0.279. The molecule has 136 valence electrons. The van der Waals surface area contributed by atoms with Gasteiger partial charge in [0, 0.05) is 36.6 Å². The third-order valence-electron chi connectivity index (χ3n) is 4.02. The van der Waals surface area contributed by atoms with Crippen molar-refractivity contribution in [2.75, 3.05) is 18.4 Å². The summed E-state index contributed by atoms with van der Waals surface area (Å²) < 4.78 is 15.7. The van der Waals surface area contributed by atoms with Gasteiger partial charge in [0.1, 0.15) is 17.3 Å². The number of hydrogen-bond donors (Lipinski definition) is 2. The highest BCUT2D eigenvalue weighted by atomic mass is 19.1. The van der Waals surface area contributed by atoms with Crippen LogP contribution in [0.3, 0.4) is 0 Å². The Morgan fingerprint density at radius 1 is 1.15 bits per heavy atom. The van der Waals surface area contributed by atoms with Crippen LogP contribution in [0.25, 0.3) is 22.4 Å². The molecule has 0 aliphatic heterocycles. The second-order valence-corrected chi connectivity index (χ2v) is 7.16. The Morgan fingerprint density at radius 2 is 1.96 bits per heavy atom. The number of benzene rings is 1. The van der Waals surface area contributed by atoms with Gasteiger partial charge in [-0.2, -0.15) is 5.10 Å². The van der Waals surface area contributed by atoms with Crippen LogP contribution < -0.4 is 11.1 Å². The van der Waals surface area contributed by atoms with Crippen LogP contribution in [0.15, 0.2) is 48.8 Å². The Morgan fingerprint density at radius 3 is 2.65 bits per heavy atom. The normalized spacial score (nSPS) is 11.6. The third-order valence-corrected chi connectivity index (χ3v) is 4.02. The first-order chi connectivity index (χ1) is 12.4. The van der Waals surface area contributed by atoms with Crippen LogP contribution in [0.1, 0.15) is 20.8 Å². The van der Waals surface area contributed by atoms with Gasteiger partial charge in [-0.15, -0.1) is 0 Å². The first-order valence-electron chi connectivity index (χ1n) is 8.65. The fraction of sp³-hybridized carbons (Fsp3) is 0.300. The summed E-state index contributed by atoms with van der Waals surface area (Å²) in [6.45, 7) is 7.43. The fourth-order valence-electron chi connectivity index (χ4n) is 2.67. The van der Waals surface area contributed by atoms with E-state index in [1.54, 1.807) is 12.3 Å². The number of pyridine rings is 1. The van der Waals surface area contributed by atoms with E-state index in [0.717, 1.165) is 28.2 Å². The molecule has 0 aliphatic carbocycles. The summed E-state index contributed by atoms with van der Waals surface area (Å²) >= 11 is 0. The number of rotatable bonds is 5. The average Bonchev–Trinajstić information content (AvgIpc) is 3.06. The Kier molecular flexibility index (Phi) is 5.04. The Balaban J connectivity index is 2.12. The maximum Gasteiger partial charge on any atom is 0.126 e. The van der Waals surface area contributed by atoms with Gasteiger partial charge in [-0.25, -0.2) is 9.37 Å². The summed E-state index contributed by atoms with van der Waals surface area (Å²) in [5.41, 5.74) is 8.76. The largest absolute Gasteiger partial charge is 0.369 e. The lowest BCUT2D eigenvalue weighted by atomic mass is 10.0. The molecule has 0 bridgehead atoms. The Bertz CT molecular complexity index is 895. The lowest BCUT2D eigenvalue weighted by Crippen LogP contribution is -2.22. The molecule has 0 saturated carbocycles. The lowest BCUT2D eigenvalue weighted by molar-refractivity contribution is 0.356. The molecule has 0 atom stereocenters. The zero-order valence-electron chi connectivity index (χ0n) is 15.3. The van der Waals surface area contributed by atoms with Crippen molar-refractivity contribution in [3.63, 3.8) is 0 Å². The highest BCUT2D eigenvalue weighted by molar-refractivity contribution is 5.81. The molecule has 0 spiro atoms. The van der Waals surface area contributed by atoms with Gasteiger partial charge in [0.15, 0.2) is 0 Å². The maximum atomic E-state index is 13.8. The van der Waals surface area contributed by atoms with Gasteiger partial charge >= 0.3 is 0 Å². The summed E-state index contributed by atoms with van der Waals surface area (Å²) in [7, 11) is 0. The van der Waals surface area contributed by atoms with Crippen LogP contribution in [0.4, 0.5) is 10.2 Å². The molecule has 26 heavy (non-hydrogen) atoms. The van der Waals surface area contributed by atoms with Gasteiger partial charge in [-0.05, 0) is 50.6 Å². The summed E-state index contributed by atoms with van der Waals surface area (Å²) in [5, 5.41) is 7.94. The molecule has 5 nitrogen and oxygen atoms in total. The van der Waals surface area contributed by atoms with Crippen molar-refractivity contribution < 1.29 is 4.39 Å². The molecule has 3 aromatic rings. The predicted octanol–water partition coefficient (Wildman–Crippen LogP) is 3.88. The Hall–Kier alpha value is -2.73. The summed E-state index contributed by atoms with van der Waals surface area (Å²) in [6, 6.07) is 10.4. The number of halogens is 1. The van der Waals surface area contributed by atoms with Gasteiger partial charge < -0.3 is 11.1 Å². The van der Waals surface area contributed by atoms with Gasteiger partial charge in [-0.1, -0.05) is 12.1 Å². The van der Waals surface area contributed by atoms with Crippen molar-refractivity contribution in [3.05, 3.63) is 54.6 Å². The SMILES string of the molecule is CC(C)(C)n1cc(-c2ccnc(NCCN)c2)c(-c2cccc(F)c2)n1. The molecule has 1 aromatic carbocycles. The van der Waals surface area contributed by atoms with Crippen LogP contribution in [-0.4, -0.2) is 27.9 Å². The van der Waals surface area contributed by atoms with Crippen LogP contribution in [0, 0.1) is 5.82 Å². The maximum absolute atomic E-state index is 13.8. The zero-order chi connectivity index (χ0) is 18.7. The molecule has 0 aliphatic rings. The van der Waals surface area contributed by atoms with Gasteiger partial charge in [-0.3, -0.25) is 4.68 Å². The lowest BCUT2D eigenvalue weighted by Gasteiger charge is -2.18. The summed E-state index contributed by atoms with van der Waals surface area (Å²) in [6.07, 6.45) is 3.75. The monoisotopic (exact) mass is 353 g/mol. The number of anilines is 1. The van der Waals surface area contributed by atoms with Crippen LogP contribution in [0.2, 0.25) is 0 Å². The van der Waals surface area contributed by atoms with Crippen LogP contribution in [-0.2, 0) is 5.54 Å². The number of hydrogen-bond acceptors (Lipinski definition) is 4. The van der Waals surface area contributed by atoms with Crippen molar-refractivity contribution in [2.24, 2.45) is 5.73 Å². The van der Waals surface area contributed by atoms with E-state index < -0.39 is 0 Å². The molecule has 2 aromatic heterocycles. The highest BCUT2D eigenvalue weighted by Crippen LogP contribution is 2.33. The molecular formula is C20H24FN5. The quantitative estimate of drug-likeness (QED) is 0.730. The number of nitrogens with two attached hydrogens (primary N) is 1. The predicted molar refractivity (Wildman–Crippen MR) is 103 cm³/mol. The molecule has 0 saturated heterocycles. The zero-order valence-corrected chi connectivity index (χ0v) is 15.3. The van der Waals surface area contributed by atoms with E-state index in [0.29, 0.717) is 13.1 Å². The van der Waals surface area contributed by atoms with E-state index in [1.807, 2.05) is 29.1 Å². The van der Waals surface area contributed by atoms with Crippen molar-refractivity contribution in [3.8, 4) is 22.4 Å². The van der Waals surface area contributed by atoms with Crippen LogP contribution >= 0.6 is 0 Å². The molecule has 2 heterocycles. The first kappa shape index (κ1) is 18.1. The average molecular weight is 353 g/mol. The fourth-order valence-corrected chi connectivity index (χ4v) is 2.67. The topological polar surface area (TPSA) is 68.8 Å². The highest BCUT2D eigenvalue weighted by Gasteiger charge is 2.20. The molecule has 0 fully saturated rings. The minimum Gasteiger partial charge on any atom is -0.369 e. The van der Waals surface area contributed by atoms with E-state index in [-0.39, 0.29) is 11.4 Å². The third kappa shape index (κ3) is 3.91. The number of aromatic nitrogens is 3. The molecule has 0 amide bonds. The van der Waals surface area contributed by atoms with E-state index in [9.17, 15) is 4.39 Å². The first-order valence-corrected chi connectivity index (χ1v) is 8.65. The van der Waals surface area contributed by atoms with Gasteiger partial charge in [0.2, 0.25) is 0 Å². The molecule has 3 N–H and O–H groups in total. The number of nitrogens with zero attached hydrogens (tertiary/aromatic N) is 3. The second-order valence-electron chi connectivity index (χ2n) is 7.16. The van der Waals surface area contributed by atoms with Crippen LogP contribution in [0.5, 0.6) is 0 Å². The van der Waals surface area contributed by atoms with Gasteiger partial charge in [0.25, 0.3) is 0 Å². The van der Waals surface area contributed by atoms with Gasteiger partial charge in [0.05, 0.1) is 5.54 Å². The van der Waals surface area contributed by atoms with Crippen molar-refractivity contribution in [2.45, 2.75) is 26.3 Å².